The number of benzene rings is 1. The molecule has 0 saturated heterocycles. The summed E-state index contributed by atoms with van der Waals surface area (Å²) in [6, 6.07) is 7.50. The van der Waals surface area contributed by atoms with Crippen molar-refractivity contribution < 1.29 is 9.53 Å². The number of carbonyl (C=O) groups excluding carboxylic acids is 1. The van der Waals surface area contributed by atoms with E-state index >= 15 is 0 Å². The Kier molecular flexibility index (Phi) is 5.00. The number of nitrogens with zero attached hydrogens (tertiary/aromatic N) is 1. The van der Waals surface area contributed by atoms with Crippen molar-refractivity contribution in [1.29, 1.82) is 0 Å². The van der Waals surface area contributed by atoms with Gasteiger partial charge in [-0.1, -0.05) is 28.1 Å². The molecule has 1 aliphatic heterocycles. The first kappa shape index (κ1) is 16.0. The molecule has 21 heavy (non-hydrogen) atoms. The number of halogens is 1. The van der Waals surface area contributed by atoms with Gasteiger partial charge in [-0.15, -0.1) is 0 Å². The minimum absolute atomic E-state index is 0.301. The molecular weight excluding hydrogens is 352 g/mol. The SMILES string of the molecule is CCOC(=O)C1=C(C)N(C)C(=S)NC1c1cccc(Br)c1. The molecule has 0 amide bonds. The second-order valence-electron chi connectivity index (χ2n) is 4.72. The van der Waals surface area contributed by atoms with Crippen LogP contribution >= 0.6 is 28.1 Å². The standard InChI is InChI=1S/C15H17BrN2O2S/c1-4-20-14(19)12-9(2)18(3)15(21)17-13(12)10-6-5-7-11(16)8-10/h5-8,13H,4H2,1-3H3,(H,17,21). The largest absolute Gasteiger partial charge is 0.463 e. The monoisotopic (exact) mass is 368 g/mol. The second kappa shape index (κ2) is 6.58. The second-order valence-corrected chi connectivity index (χ2v) is 6.02. The van der Waals surface area contributed by atoms with Crippen molar-refractivity contribution in [1.82, 2.24) is 10.2 Å². The van der Waals surface area contributed by atoms with E-state index in [1.807, 2.05) is 38.2 Å². The van der Waals surface area contributed by atoms with Gasteiger partial charge in [0.15, 0.2) is 5.11 Å². The number of thiocarbonyl (C=S) groups is 1. The Morgan fingerprint density at radius 1 is 1.52 bits per heavy atom. The molecule has 1 aromatic rings. The summed E-state index contributed by atoms with van der Waals surface area (Å²) >= 11 is 8.79. The number of rotatable bonds is 3. The lowest BCUT2D eigenvalue weighted by Crippen LogP contribution is -2.46. The lowest BCUT2D eigenvalue weighted by atomic mass is 9.95. The van der Waals surface area contributed by atoms with Crippen LogP contribution in [0.4, 0.5) is 0 Å². The lowest BCUT2D eigenvalue weighted by Gasteiger charge is -2.35. The molecule has 1 unspecified atom stereocenters. The molecule has 0 aliphatic carbocycles. The van der Waals surface area contributed by atoms with Gasteiger partial charge in [0.2, 0.25) is 0 Å². The molecule has 0 saturated carbocycles. The third kappa shape index (κ3) is 3.27. The van der Waals surface area contributed by atoms with Crippen molar-refractivity contribution in [2.75, 3.05) is 13.7 Å². The highest BCUT2D eigenvalue weighted by atomic mass is 79.9. The number of nitrogens with one attached hydrogen (secondary N) is 1. The first-order valence-corrected chi connectivity index (χ1v) is 7.83. The number of carbonyl (C=O) groups is 1. The van der Waals surface area contributed by atoms with Crippen LogP contribution in [-0.4, -0.2) is 29.6 Å². The number of hydrogen-bond acceptors (Lipinski definition) is 3. The predicted octanol–water partition coefficient (Wildman–Crippen LogP) is 3.15. The smallest absolute Gasteiger partial charge is 0.338 e. The summed E-state index contributed by atoms with van der Waals surface area (Å²) in [6.07, 6.45) is 0. The molecule has 4 nitrogen and oxygen atoms in total. The third-order valence-electron chi connectivity index (χ3n) is 3.43. The maximum Gasteiger partial charge on any atom is 0.338 e. The first-order chi connectivity index (χ1) is 9.95. The molecule has 1 atom stereocenters. The quantitative estimate of drug-likeness (QED) is 0.655. The van der Waals surface area contributed by atoms with Crippen molar-refractivity contribution in [3.8, 4) is 0 Å². The highest BCUT2D eigenvalue weighted by Gasteiger charge is 2.33. The van der Waals surface area contributed by atoms with Crippen LogP contribution in [0.2, 0.25) is 0 Å². The molecule has 0 bridgehead atoms. The molecule has 1 aromatic carbocycles. The summed E-state index contributed by atoms with van der Waals surface area (Å²) in [4.78, 5) is 14.1. The zero-order valence-corrected chi connectivity index (χ0v) is 14.5. The molecule has 2 rings (SSSR count). The molecule has 0 aromatic heterocycles. The Bertz CT molecular complexity index is 615. The van der Waals surface area contributed by atoms with E-state index in [0.29, 0.717) is 17.3 Å². The van der Waals surface area contributed by atoms with Crippen LogP contribution in [0.25, 0.3) is 0 Å². The van der Waals surface area contributed by atoms with Gasteiger partial charge in [-0.05, 0) is 43.8 Å². The summed E-state index contributed by atoms with van der Waals surface area (Å²) in [7, 11) is 1.83. The van der Waals surface area contributed by atoms with Crippen molar-refractivity contribution in [3.63, 3.8) is 0 Å². The number of hydrogen-bond donors (Lipinski definition) is 1. The fraction of sp³-hybridized carbons (Fsp3) is 0.333. The van der Waals surface area contributed by atoms with E-state index in [0.717, 1.165) is 15.7 Å². The molecular formula is C15H17BrN2O2S. The van der Waals surface area contributed by atoms with E-state index in [9.17, 15) is 4.79 Å². The molecule has 1 heterocycles. The van der Waals surface area contributed by atoms with Gasteiger partial charge in [0.25, 0.3) is 0 Å². The van der Waals surface area contributed by atoms with E-state index < -0.39 is 0 Å². The van der Waals surface area contributed by atoms with Crippen LogP contribution in [-0.2, 0) is 9.53 Å². The molecule has 0 radical (unpaired) electrons. The highest BCUT2D eigenvalue weighted by Crippen LogP contribution is 2.31. The number of allylic oxidation sites excluding steroid dienone is 1. The van der Waals surface area contributed by atoms with E-state index in [1.54, 1.807) is 11.8 Å². The Morgan fingerprint density at radius 2 is 2.24 bits per heavy atom. The van der Waals surface area contributed by atoms with Gasteiger partial charge in [-0.25, -0.2) is 4.79 Å². The topological polar surface area (TPSA) is 41.6 Å². The van der Waals surface area contributed by atoms with Gasteiger partial charge in [0.1, 0.15) is 0 Å². The summed E-state index contributed by atoms with van der Waals surface area (Å²) in [5.74, 6) is -0.318. The van der Waals surface area contributed by atoms with Crippen molar-refractivity contribution in [2.45, 2.75) is 19.9 Å². The number of ether oxygens (including phenoxy) is 1. The van der Waals surface area contributed by atoms with E-state index in [4.69, 9.17) is 17.0 Å². The van der Waals surface area contributed by atoms with Gasteiger partial charge in [0, 0.05) is 17.2 Å². The summed E-state index contributed by atoms with van der Waals surface area (Å²) in [5.41, 5.74) is 2.36. The third-order valence-corrected chi connectivity index (χ3v) is 4.32. The minimum atomic E-state index is -0.318. The van der Waals surface area contributed by atoms with Crippen LogP contribution in [0.15, 0.2) is 40.0 Å². The normalized spacial score (nSPS) is 18.6. The fourth-order valence-electron chi connectivity index (χ4n) is 2.24. The van der Waals surface area contributed by atoms with Gasteiger partial charge in [-0.3, -0.25) is 0 Å². The van der Waals surface area contributed by atoms with Crippen LogP contribution in [0.3, 0.4) is 0 Å². The van der Waals surface area contributed by atoms with Gasteiger partial charge < -0.3 is 15.0 Å². The van der Waals surface area contributed by atoms with Crippen LogP contribution in [0.1, 0.15) is 25.5 Å². The van der Waals surface area contributed by atoms with E-state index in [-0.39, 0.29) is 12.0 Å². The van der Waals surface area contributed by atoms with E-state index in [1.165, 1.54) is 0 Å². The van der Waals surface area contributed by atoms with Crippen molar-refractivity contribution in [2.24, 2.45) is 0 Å². The van der Waals surface area contributed by atoms with Crippen LogP contribution in [0.5, 0.6) is 0 Å². The summed E-state index contributed by atoms with van der Waals surface area (Å²) < 4.78 is 6.15. The molecule has 1 N–H and O–H groups in total. The summed E-state index contributed by atoms with van der Waals surface area (Å²) in [6.45, 7) is 4.02. The van der Waals surface area contributed by atoms with Crippen LogP contribution < -0.4 is 5.32 Å². The summed E-state index contributed by atoms with van der Waals surface area (Å²) in [5, 5.41) is 3.80. The zero-order chi connectivity index (χ0) is 15.6. The van der Waals surface area contributed by atoms with E-state index in [2.05, 4.69) is 21.2 Å². The Balaban J connectivity index is 2.51. The first-order valence-electron chi connectivity index (χ1n) is 6.63. The molecule has 1 aliphatic rings. The van der Waals surface area contributed by atoms with Crippen molar-refractivity contribution >= 4 is 39.2 Å². The van der Waals surface area contributed by atoms with Gasteiger partial charge in [-0.2, -0.15) is 0 Å². The highest BCUT2D eigenvalue weighted by molar-refractivity contribution is 9.10. The van der Waals surface area contributed by atoms with Crippen molar-refractivity contribution in [3.05, 3.63) is 45.6 Å². The molecule has 0 fully saturated rings. The lowest BCUT2D eigenvalue weighted by molar-refractivity contribution is -0.139. The molecule has 6 heteroatoms. The Labute approximate surface area is 138 Å². The molecule has 0 spiro atoms. The van der Waals surface area contributed by atoms with Gasteiger partial charge in [0.05, 0.1) is 18.2 Å². The molecule has 112 valence electrons. The number of esters is 1. The predicted molar refractivity (Wildman–Crippen MR) is 89.7 cm³/mol. The zero-order valence-electron chi connectivity index (χ0n) is 12.1. The van der Waals surface area contributed by atoms with Crippen LogP contribution in [0, 0.1) is 0 Å². The average Bonchev–Trinajstić information content (AvgIpc) is 2.44. The maximum absolute atomic E-state index is 12.3. The minimum Gasteiger partial charge on any atom is -0.463 e. The fourth-order valence-corrected chi connectivity index (χ4v) is 2.92. The van der Waals surface area contributed by atoms with Gasteiger partial charge >= 0.3 is 5.97 Å². The Hall–Kier alpha value is -1.40. The Morgan fingerprint density at radius 3 is 2.86 bits per heavy atom. The maximum atomic E-state index is 12.3. The average molecular weight is 369 g/mol.